The Morgan fingerprint density at radius 1 is 1.11 bits per heavy atom. The van der Waals surface area contributed by atoms with Crippen molar-refractivity contribution in [3.63, 3.8) is 0 Å². The third-order valence-corrected chi connectivity index (χ3v) is 3.56. The molecule has 0 aliphatic heterocycles. The number of hydrogen-bond donors (Lipinski definition) is 1. The first-order valence-corrected chi connectivity index (χ1v) is 6.50. The molecule has 0 atom stereocenters. The zero-order chi connectivity index (χ0) is 12.5. The van der Waals surface area contributed by atoms with Crippen LogP contribution in [0.5, 0.6) is 10.9 Å². The molecule has 0 aliphatic carbocycles. The quantitative estimate of drug-likeness (QED) is 0.758. The second-order valence-electron chi connectivity index (χ2n) is 3.72. The van der Waals surface area contributed by atoms with E-state index in [1.54, 1.807) is 6.20 Å². The number of halogens is 1. The van der Waals surface area contributed by atoms with Crippen LogP contribution in [0.2, 0.25) is 5.02 Å². The lowest BCUT2D eigenvalue weighted by molar-refractivity contribution is 0.484. The Kier molecular flexibility index (Phi) is 2.81. The average molecular weight is 277 g/mol. The molecule has 18 heavy (non-hydrogen) atoms. The monoisotopic (exact) mass is 276 g/mol. The molecule has 3 nitrogen and oxygen atoms in total. The van der Waals surface area contributed by atoms with Crippen LogP contribution in [0.15, 0.2) is 42.6 Å². The lowest BCUT2D eigenvalue weighted by atomic mass is 10.1. The van der Waals surface area contributed by atoms with Crippen molar-refractivity contribution in [3.8, 4) is 10.9 Å². The number of nitrogens with zero attached hydrogens (tertiary/aromatic N) is 1. The van der Waals surface area contributed by atoms with E-state index in [-0.39, 0.29) is 0 Å². The average Bonchev–Trinajstić information content (AvgIpc) is 2.79. The number of nitrogen functional groups attached to an aromatic ring is 1. The highest BCUT2D eigenvalue weighted by molar-refractivity contribution is 7.17. The van der Waals surface area contributed by atoms with Gasteiger partial charge in [-0.2, -0.15) is 0 Å². The largest absolute Gasteiger partial charge is 0.430 e. The van der Waals surface area contributed by atoms with Crippen molar-refractivity contribution in [3.05, 3.63) is 47.6 Å². The van der Waals surface area contributed by atoms with Crippen molar-refractivity contribution >= 4 is 38.7 Å². The van der Waals surface area contributed by atoms with E-state index in [1.165, 1.54) is 11.3 Å². The first-order valence-electron chi connectivity index (χ1n) is 5.30. The highest BCUT2D eigenvalue weighted by atomic mass is 35.5. The Labute approximate surface area is 113 Å². The van der Waals surface area contributed by atoms with Crippen molar-refractivity contribution in [2.75, 3.05) is 5.73 Å². The summed E-state index contributed by atoms with van der Waals surface area (Å²) in [6.45, 7) is 0. The van der Waals surface area contributed by atoms with E-state index in [9.17, 15) is 0 Å². The van der Waals surface area contributed by atoms with Crippen molar-refractivity contribution in [2.24, 2.45) is 0 Å². The SMILES string of the molecule is Nc1cnc(Oc2ccc(Cl)c3ccccc23)s1. The van der Waals surface area contributed by atoms with Crippen LogP contribution in [0.25, 0.3) is 10.8 Å². The van der Waals surface area contributed by atoms with Gasteiger partial charge in [0, 0.05) is 15.8 Å². The van der Waals surface area contributed by atoms with E-state index in [2.05, 4.69) is 4.98 Å². The summed E-state index contributed by atoms with van der Waals surface area (Å²) in [5.41, 5.74) is 5.62. The molecule has 0 saturated carbocycles. The van der Waals surface area contributed by atoms with Gasteiger partial charge >= 0.3 is 0 Å². The molecular formula is C13H9ClN2OS. The van der Waals surface area contributed by atoms with Gasteiger partial charge in [-0.3, -0.25) is 0 Å². The molecule has 0 radical (unpaired) electrons. The van der Waals surface area contributed by atoms with Crippen LogP contribution in [0.3, 0.4) is 0 Å². The summed E-state index contributed by atoms with van der Waals surface area (Å²) in [6.07, 6.45) is 1.58. The number of anilines is 1. The molecule has 0 spiro atoms. The molecular weight excluding hydrogens is 268 g/mol. The van der Waals surface area contributed by atoms with Crippen LogP contribution in [-0.4, -0.2) is 4.98 Å². The minimum atomic E-state index is 0.528. The Balaban J connectivity index is 2.09. The van der Waals surface area contributed by atoms with Gasteiger partial charge in [0.1, 0.15) is 10.8 Å². The number of benzene rings is 2. The van der Waals surface area contributed by atoms with E-state index >= 15 is 0 Å². The minimum Gasteiger partial charge on any atom is -0.430 e. The standard InChI is InChI=1S/C13H9ClN2OS/c14-10-5-6-11(9-4-2-1-3-8(9)10)17-13-16-7-12(15)18-13/h1-7H,15H2. The van der Waals surface area contributed by atoms with Gasteiger partial charge in [0.25, 0.3) is 5.19 Å². The third-order valence-electron chi connectivity index (χ3n) is 2.53. The maximum Gasteiger partial charge on any atom is 0.280 e. The Morgan fingerprint density at radius 2 is 1.89 bits per heavy atom. The Morgan fingerprint density at radius 3 is 2.61 bits per heavy atom. The van der Waals surface area contributed by atoms with Crippen molar-refractivity contribution in [1.29, 1.82) is 0 Å². The maximum atomic E-state index is 6.15. The zero-order valence-electron chi connectivity index (χ0n) is 9.26. The number of fused-ring (bicyclic) bond motifs is 1. The normalized spacial score (nSPS) is 10.7. The van der Waals surface area contributed by atoms with Crippen molar-refractivity contribution in [1.82, 2.24) is 4.98 Å². The summed E-state index contributed by atoms with van der Waals surface area (Å²) in [4.78, 5) is 4.08. The summed E-state index contributed by atoms with van der Waals surface area (Å²) in [5.74, 6) is 0.726. The van der Waals surface area contributed by atoms with Crippen LogP contribution in [-0.2, 0) is 0 Å². The van der Waals surface area contributed by atoms with E-state index in [1.807, 2.05) is 36.4 Å². The summed E-state index contributed by atoms with van der Waals surface area (Å²) in [5, 5.41) is 3.78. The predicted octanol–water partition coefficient (Wildman–Crippen LogP) is 4.32. The van der Waals surface area contributed by atoms with Gasteiger partial charge in [0.2, 0.25) is 0 Å². The van der Waals surface area contributed by atoms with Gasteiger partial charge in [-0.1, -0.05) is 47.2 Å². The number of nitrogens with two attached hydrogens (primary N) is 1. The number of thiazole rings is 1. The number of ether oxygens (including phenoxy) is 1. The summed E-state index contributed by atoms with van der Waals surface area (Å²) in [7, 11) is 0. The molecule has 1 heterocycles. The summed E-state index contributed by atoms with van der Waals surface area (Å²) in [6, 6.07) is 11.5. The Bertz CT molecular complexity index is 711. The highest BCUT2D eigenvalue weighted by Crippen LogP contribution is 2.35. The highest BCUT2D eigenvalue weighted by Gasteiger charge is 2.08. The van der Waals surface area contributed by atoms with Gasteiger partial charge < -0.3 is 10.5 Å². The maximum absolute atomic E-state index is 6.15. The van der Waals surface area contributed by atoms with Gasteiger partial charge in [-0.05, 0) is 12.1 Å². The Hall–Kier alpha value is -1.78. The molecule has 0 bridgehead atoms. The second-order valence-corrected chi connectivity index (χ2v) is 5.15. The van der Waals surface area contributed by atoms with Gasteiger partial charge in [-0.15, -0.1) is 0 Å². The molecule has 0 amide bonds. The lowest BCUT2D eigenvalue weighted by Crippen LogP contribution is -1.85. The summed E-state index contributed by atoms with van der Waals surface area (Å²) < 4.78 is 5.74. The van der Waals surface area contributed by atoms with Gasteiger partial charge in [0.05, 0.1) is 6.20 Å². The molecule has 0 fully saturated rings. The molecule has 5 heteroatoms. The van der Waals surface area contributed by atoms with E-state index in [4.69, 9.17) is 22.1 Å². The molecule has 90 valence electrons. The molecule has 3 rings (SSSR count). The van der Waals surface area contributed by atoms with Crippen molar-refractivity contribution < 1.29 is 4.74 Å². The van der Waals surface area contributed by atoms with Crippen LogP contribution in [0.4, 0.5) is 5.00 Å². The minimum absolute atomic E-state index is 0.528. The second kappa shape index (κ2) is 4.48. The predicted molar refractivity (Wildman–Crippen MR) is 75.6 cm³/mol. The number of aromatic nitrogens is 1. The summed E-state index contributed by atoms with van der Waals surface area (Å²) >= 11 is 7.45. The van der Waals surface area contributed by atoms with E-state index in [0.717, 1.165) is 16.5 Å². The first-order chi connectivity index (χ1) is 8.74. The van der Waals surface area contributed by atoms with Gasteiger partial charge in [0.15, 0.2) is 0 Å². The van der Waals surface area contributed by atoms with Crippen molar-refractivity contribution in [2.45, 2.75) is 0 Å². The molecule has 3 aromatic rings. The van der Waals surface area contributed by atoms with Crippen LogP contribution in [0.1, 0.15) is 0 Å². The smallest absolute Gasteiger partial charge is 0.280 e. The van der Waals surface area contributed by atoms with Crippen LogP contribution < -0.4 is 10.5 Å². The zero-order valence-corrected chi connectivity index (χ0v) is 10.8. The topological polar surface area (TPSA) is 48.1 Å². The van der Waals surface area contributed by atoms with E-state index in [0.29, 0.717) is 15.2 Å². The fourth-order valence-corrected chi connectivity index (χ4v) is 2.51. The van der Waals surface area contributed by atoms with E-state index < -0.39 is 0 Å². The lowest BCUT2D eigenvalue weighted by Gasteiger charge is -2.07. The molecule has 2 aromatic carbocycles. The van der Waals surface area contributed by atoms with Gasteiger partial charge in [-0.25, -0.2) is 4.98 Å². The fraction of sp³-hybridized carbons (Fsp3) is 0. The van der Waals surface area contributed by atoms with Crippen LogP contribution >= 0.6 is 22.9 Å². The number of hydrogen-bond acceptors (Lipinski definition) is 4. The molecule has 0 aliphatic rings. The third kappa shape index (κ3) is 2.00. The van der Waals surface area contributed by atoms with Crippen LogP contribution in [0, 0.1) is 0 Å². The molecule has 0 unspecified atom stereocenters. The first kappa shape index (κ1) is 11.3. The fourth-order valence-electron chi connectivity index (χ4n) is 1.73. The molecule has 1 aromatic heterocycles. The molecule has 2 N–H and O–H groups in total. The molecule has 0 saturated heterocycles. The number of rotatable bonds is 2.